The molecule has 1 aromatic carbocycles. The van der Waals surface area contributed by atoms with Gasteiger partial charge in [0.15, 0.2) is 5.69 Å². The molecule has 0 radical (unpaired) electrons. The predicted molar refractivity (Wildman–Crippen MR) is 172 cm³/mol. The summed E-state index contributed by atoms with van der Waals surface area (Å²) >= 11 is 6.32. The first-order chi connectivity index (χ1) is 23.6. The standard InChI is InChI=1S/C29H27ClN10O3.C2HF3O2/c1-16-4-3-5-25(21-10-17(8-9-32-21)27-22(35-29(16)43)13-34-38(27)2)39-15-33-20(12-26(39)41)19-11-18(30)6-7-24(19)40-14-23(28(31)42)36-37-40;3-2(4,5)1(6)7/h6-16,25H,3-5H2,1-2H3,(H2,31,42)(H,35,43);(H,6,7)/t16-,25+;/m1./s1. The molecule has 0 saturated heterocycles. The number of aliphatic carboxylic acids is 1. The van der Waals surface area contributed by atoms with E-state index in [1.54, 1.807) is 39.8 Å². The first kappa shape index (κ1) is 35.4. The molecule has 19 heteroatoms. The number of pyridine rings is 1. The van der Waals surface area contributed by atoms with Crippen molar-refractivity contribution < 1.29 is 32.7 Å². The van der Waals surface area contributed by atoms with Crippen molar-refractivity contribution in [2.75, 3.05) is 5.32 Å². The molecule has 1 aliphatic rings. The van der Waals surface area contributed by atoms with E-state index >= 15 is 0 Å². The molecule has 0 fully saturated rings. The lowest BCUT2D eigenvalue weighted by Gasteiger charge is -2.22. The number of primary amides is 1. The highest BCUT2D eigenvalue weighted by atomic mass is 35.5. The number of aromatic nitrogens is 8. The number of carboxylic acid groups (broad SMARTS) is 1. The summed E-state index contributed by atoms with van der Waals surface area (Å²) in [5.74, 6) is -3.80. The third-order valence-corrected chi connectivity index (χ3v) is 8.03. The quantitative estimate of drug-likeness (QED) is 0.244. The van der Waals surface area contributed by atoms with E-state index in [-0.39, 0.29) is 23.1 Å². The molecule has 15 nitrogen and oxygen atoms in total. The van der Waals surface area contributed by atoms with Crippen LogP contribution in [0.15, 0.2) is 66.1 Å². The van der Waals surface area contributed by atoms with Crippen LogP contribution < -0.4 is 16.6 Å². The van der Waals surface area contributed by atoms with Crippen LogP contribution in [0, 0.1) is 5.92 Å². The highest BCUT2D eigenvalue weighted by Crippen LogP contribution is 2.33. The first-order valence-electron chi connectivity index (χ1n) is 14.8. The molecule has 50 heavy (non-hydrogen) atoms. The molecule has 2 amide bonds. The number of rotatable bonds is 4. The van der Waals surface area contributed by atoms with E-state index in [9.17, 15) is 27.6 Å². The summed E-state index contributed by atoms with van der Waals surface area (Å²) in [5, 5.41) is 22.7. The smallest absolute Gasteiger partial charge is 0.475 e. The third kappa shape index (κ3) is 7.70. The number of carboxylic acids is 1. The van der Waals surface area contributed by atoms with Gasteiger partial charge in [0.2, 0.25) is 5.91 Å². The minimum atomic E-state index is -5.08. The highest BCUT2D eigenvalue weighted by molar-refractivity contribution is 6.31. The van der Waals surface area contributed by atoms with Crippen LogP contribution in [-0.4, -0.2) is 68.4 Å². The average Bonchev–Trinajstić information content (AvgIpc) is 3.70. The normalized spacial score (nSPS) is 16.2. The third-order valence-electron chi connectivity index (χ3n) is 7.80. The number of hydrogen-bond donors (Lipinski definition) is 3. The number of fused-ring (bicyclic) bond motifs is 4. The predicted octanol–water partition coefficient (Wildman–Crippen LogP) is 4.02. The molecular weight excluding hydrogens is 685 g/mol. The SMILES string of the molecule is C[C@@H]1CCC[C@H](n2cnc(-c3cc(Cl)ccc3-n3cc(C(N)=O)nn3)cc2=O)c2cc(ccn2)-c2c(cnn2C)NC1=O.O=C(O)C(F)(F)F. The van der Waals surface area contributed by atoms with Gasteiger partial charge >= 0.3 is 12.1 Å². The number of nitrogens with one attached hydrogen (secondary N) is 1. The molecule has 260 valence electrons. The van der Waals surface area contributed by atoms with Crippen LogP contribution in [0.2, 0.25) is 5.02 Å². The van der Waals surface area contributed by atoms with E-state index < -0.39 is 24.1 Å². The van der Waals surface area contributed by atoms with Gasteiger partial charge in [-0.15, -0.1) is 5.10 Å². The number of nitrogens with zero attached hydrogens (tertiary/aromatic N) is 8. The number of nitrogens with two attached hydrogens (primary N) is 1. The van der Waals surface area contributed by atoms with E-state index in [0.717, 1.165) is 11.3 Å². The van der Waals surface area contributed by atoms with Gasteiger partial charge in [-0.2, -0.15) is 18.3 Å². The van der Waals surface area contributed by atoms with E-state index in [2.05, 4.69) is 30.7 Å². The maximum absolute atomic E-state index is 13.7. The zero-order chi connectivity index (χ0) is 36.3. The molecule has 1 aliphatic heterocycles. The molecule has 0 aliphatic carbocycles. The number of alkyl halides is 3. The zero-order valence-electron chi connectivity index (χ0n) is 26.3. The number of anilines is 1. The Morgan fingerprint density at radius 2 is 1.84 bits per heavy atom. The molecule has 0 spiro atoms. The number of carbonyl (C=O) groups is 3. The van der Waals surface area contributed by atoms with Crippen LogP contribution in [0.4, 0.5) is 18.9 Å². The van der Waals surface area contributed by atoms with E-state index in [0.29, 0.717) is 52.6 Å². The molecular formula is C31H28ClF3N10O5. The van der Waals surface area contributed by atoms with E-state index in [1.165, 1.54) is 23.3 Å². The van der Waals surface area contributed by atoms with Crippen LogP contribution in [0.3, 0.4) is 0 Å². The second-order valence-corrected chi connectivity index (χ2v) is 11.7. The van der Waals surface area contributed by atoms with Crippen molar-refractivity contribution in [1.82, 2.24) is 39.3 Å². The Morgan fingerprint density at radius 3 is 2.50 bits per heavy atom. The number of carbonyl (C=O) groups excluding carboxylic acids is 2. The van der Waals surface area contributed by atoms with Gasteiger partial charge in [0.05, 0.1) is 53.2 Å². The molecule has 4 aromatic heterocycles. The van der Waals surface area contributed by atoms with Crippen molar-refractivity contribution in [2.24, 2.45) is 18.7 Å². The van der Waals surface area contributed by atoms with E-state index in [1.807, 2.05) is 26.1 Å². The van der Waals surface area contributed by atoms with E-state index in [4.69, 9.17) is 27.2 Å². The minimum Gasteiger partial charge on any atom is -0.475 e. The lowest BCUT2D eigenvalue weighted by Crippen LogP contribution is -2.27. The highest BCUT2D eigenvalue weighted by Gasteiger charge is 2.38. The molecule has 5 heterocycles. The monoisotopic (exact) mass is 712 g/mol. The lowest BCUT2D eigenvalue weighted by atomic mass is 9.97. The van der Waals surface area contributed by atoms with Gasteiger partial charge in [0.1, 0.15) is 0 Å². The summed E-state index contributed by atoms with van der Waals surface area (Å²) in [4.78, 5) is 56.4. The van der Waals surface area contributed by atoms with Crippen molar-refractivity contribution in [3.8, 4) is 28.2 Å². The van der Waals surface area contributed by atoms with Crippen LogP contribution >= 0.6 is 11.6 Å². The summed E-state index contributed by atoms with van der Waals surface area (Å²) in [6.45, 7) is 1.89. The van der Waals surface area contributed by atoms with Gasteiger partial charge in [0.25, 0.3) is 11.5 Å². The van der Waals surface area contributed by atoms with Crippen LogP contribution in [0.25, 0.3) is 28.2 Å². The van der Waals surface area contributed by atoms with Gasteiger partial charge in [-0.1, -0.05) is 30.2 Å². The second kappa shape index (κ2) is 14.3. The summed E-state index contributed by atoms with van der Waals surface area (Å²) in [6, 6.07) is 9.76. The van der Waals surface area contributed by atoms with Gasteiger partial charge in [-0.3, -0.25) is 28.6 Å². The topological polar surface area (TPSA) is 206 Å². The molecule has 0 saturated carbocycles. The minimum absolute atomic E-state index is 0.00782. The van der Waals surface area contributed by atoms with Gasteiger partial charge in [0, 0.05) is 41.4 Å². The van der Waals surface area contributed by atoms with Gasteiger partial charge < -0.3 is 16.2 Å². The average molecular weight is 713 g/mol. The number of aryl methyl sites for hydroxylation is 1. The lowest BCUT2D eigenvalue weighted by molar-refractivity contribution is -0.192. The zero-order valence-corrected chi connectivity index (χ0v) is 27.1. The van der Waals surface area contributed by atoms with Crippen molar-refractivity contribution in [3.05, 3.63) is 88.1 Å². The Hall–Kier alpha value is -5.91. The first-order valence-corrected chi connectivity index (χ1v) is 15.2. The fourth-order valence-corrected chi connectivity index (χ4v) is 5.45. The van der Waals surface area contributed by atoms with Crippen molar-refractivity contribution in [3.63, 3.8) is 0 Å². The molecule has 2 atom stereocenters. The molecule has 4 N–H and O–H groups in total. The number of hydrogen-bond acceptors (Lipinski definition) is 9. The molecule has 2 bridgehead atoms. The van der Waals surface area contributed by atoms with Crippen molar-refractivity contribution >= 4 is 35.1 Å². The summed E-state index contributed by atoms with van der Waals surface area (Å²) in [5.41, 5.74) is 9.26. The van der Waals surface area contributed by atoms with Crippen molar-refractivity contribution in [1.29, 1.82) is 0 Å². The summed E-state index contributed by atoms with van der Waals surface area (Å²) in [6.07, 6.45) is 2.98. The number of benzene rings is 1. The Balaban J connectivity index is 0.000000630. The van der Waals surface area contributed by atoms with Gasteiger partial charge in [-0.05, 0) is 43.2 Å². The Bertz CT molecular complexity index is 2150. The van der Waals surface area contributed by atoms with Gasteiger partial charge in [-0.25, -0.2) is 14.5 Å². The number of halogens is 4. The van der Waals surface area contributed by atoms with Crippen molar-refractivity contribution in [2.45, 2.75) is 38.4 Å². The molecule has 6 rings (SSSR count). The summed E-state index contributed by atoms with van der Waals surface area (Å²) < 4.78 is 36.4. The molecule has 0 unspecified atom stereocenters. The fraction of sp³-hybridized carbons (Fsp3) is 0.258. The Morgan fingerprint density at radius 1 is 1.10 bits per heavy atom. The van der Waals surface area contributed by atoms with Crippen LogP contribution in [0.5, 0.6) is 0 Å². The maximum atomic E-state index is 13.7. The van der Waals surface area contributed by atoms with Crippen LogP contribution in [0.1, 0.15) is 48.4 Å². The molecule has 5 aromatic rings. The Labute approximate surface area is 285 Å². The largest absolute Gasteiger partial charge is 0.490 e. The van der Waals surface area contributed by atoms with Crippen LogP contribution in [-0.2, 0) is 16.6 Å². The number of amides is 2. The Kier molecular flexibility index (Phi) is 10.1. The fourth-order valence-electron chi connectivity index (χ4n) is 5.28. The second-order valence-electron chi connectivity index (χ2n) is 11.2. The summed E-state index contributed by atoms with van der Waals surface area (Å²) in [7, 11) is 1.81. The maximum Gasteiger partial charge on any atom is 0.490 e.